The van der Waals surface area contributed by atoms with E-state index in [1.165, 1.54) is 0 Å². The molecule has 146 valence electrons. The zero-order chi connectivity index (χ0) is 19.9. The normalized spacial score (nSPS) is 13.0. The minimum Gasteiger partial charge on any atom is -0.755 e. The van der Waals surface area contributed by atoms with Crippen LogP contribution in [-0.2, 0) is 17.9 Å². The van der Waals surface area contributed by atoms with Crippen LogP contribution in [0.1, 0.15) is 17.2 Å². The highest BCUT2D eigenvalue weighted by Gasteiger charge is 2.09. The number of aliphatic hydroxyl groups excluding tert-OH is 1. The van der Waals surface area contributed by atoms with E-state index in [1.54, 1.807) is 12.1 Å². The Hall–Kier alpha value is -2.19. The minimum absolute atomic E-state index is 0.333. The zero-order valence-corrected chi connectivity index (χ0v) is 17.3. The Morgan fingerprint density at radius 3 is 2.36 bits per heavy atom. The van der Waals surface area contributed by atoms with E-state index in [0.717, 1.165) is 22.3 Å². The molecular formula is C21H19BrNO4S-. The molecule has 0 spiro atoms. The Balaban J connectivity index is 1.84. The molecule has 7 heteroatoms. The maximum absolute atomic E-state index is 11.2. The lowest BCUT2D eigenvalue weighted by Crippen LogP contribution is -2.05. The number of aliphatic hydroxyl groups is 1. The van der Waals surface area contributed by atoms with Crippen molar-refractivity contribution < 1.29 is 18.6 Å². The third-order valence-corrected chi connectivity index (χ3v) is 5.18. The molecular weight excluding hydrogens is 442 g/mol. The molecule has 2 atom stereocenters. The van der Waals surface area contributed by atoms with E-state index >= 15 is 0 Å². The van der Waals surface area contributed by atoms with Gasteiger partial charge in [-0.2, -0.15) is 0 Å². The summed E-state index contributed by atoms with van der Waals surface area (Å²) in [7, 11) is 0. The van der Waals surface area contributed by atoms with Gasteiger partial charge in [0, 0.05) is 16.6 Å². The molecule has 0 saturated heterocycles. The molecule has 0 radical (unpaired) electrons. The van der Waals surface area contributed by atoms with Gasteiger partial charge >= 0.3 is 0 Å². The Bertz CT molecular complexity index is 935. The van der Waals surface area contributed by atoms with Crippen molar-refractivity contribution >= 4 is 32.9 Å². The summed E-state index contributed by atoms with van der Waals surface area (Å²) in [6.45, 7) is 0.333. The molecule has 3 rings (SSSR count). The van der Waals surface area contributed by atoms with E-state index < -0.39 is 17.4 Å². The molecule has 0 saturated carbocycles. The van der Waals surface area contributed by atoms with Gasteiger partial charge in [-0.05, 0) is 34.4 Å². The Kier molecular flexibility index (Phi) is 7.22. The molecule has 0 amide bonds. The van der Waals surface area contributed by atoms with E-state index in [1.807, 2.05) is 60.7 Å². The second-order valence-corrected chi connectivity index (χ2v) is 7.44. The molecule has 0 aliphatic rings. The topological polar surface area (TPSA) is 81.6 Å². The van der Waals surface area contributed by atoms with Crippen LogP contribution in [0.3, 0.4) is 0 Å². The summed E-state index contributed by atoms with van der Waals surface area (Å²) in [5, 5.41) is 10.3. The number of rotatable bonds is 8. The van der Waals surface area contributed by atoms with E-state index in [-0.39, 0.29) is 0 Å². The van der Waals surface area contributed by atoms with Gasteiger partial charge in [0.1, 0.15) is 12.4 Å². The zero-order valence-electron chi connectivity index (χ0n) is 14.9. The number of benzene rings is 3. The molecule has 0 heterocycles. The monoisotopic (exact) mass is 460 g/mol. The fourth-order valence-corrected chi connectivity index (χ4v) is 3.44. The molecule has 3 aromatic carbocycles. The van der Waals surface area contributed by atoms with Crippen molar-refractivity contribution in [2.24, 2.45) is 0 Å². The molecule has 2 N–H and O–H groups in total. The number of halogens is 1. The third kappa shape index (κ3) is 5.42. The smallest absolute Gasteiger partial charge is 0.143 e. The first-order chi connectivity index (χ1) is 13.6. The van der Waals surface area contributed by atoms with Gasteiger partial charge in [0.05, 0.1) is 11.8 Å². The van der Waals surface area contributed by atoms with Gasteiger partial charge in [-0.1, -0.05) is 76.6 Å². The highest BCUT2D eigenvalue weighted by atomic mass is 79.9. The van der Waals surface area contributed by atoms with Crippen LogP contribution >= 0.6 is 15.9 Å². The van der Waals surface area contributed by atoms with Crippen LogP contribution in [0.25, 0.3) is 11.1 Å². The summed E-state index contributed by atoms with van der Waals surface area (Å²) in [4.78, 5) is 0. The lowest BCUT2D eigenvalue weighted by atomic mass is 10.0. The van der Waals surface area contributed by atoms with E-state index in [0.29, 0.717) is 23.4 Å². The SMILES string of the molecule is O=S([O-])Nc1cc(-c2ccc(C(O)CBr)cc2)ccc1OCc1ccccc1. The van der Waals surface area contributed by atoms with Gasteiger partial charge in [0.25, 0.3) is 0 Å². The minimum atomic E-state index is -2.47. The molecule has 0 bridgehead atoms. The maximum Gasteiger partial charge on any atom is 0.143 e. The second-order valence-electron chi connectivity index (χ2n) is 6.11. The lowest BCUT2D eigenvalue weighted by molar-refractivity contribution is 0.205. The van der Waals surface area contributed by atoms with E-state index in [4.69, 9.17) is 4.74 Å². The van der Waals surface area contributed by atoms with Crippen LogP contribution in [0.5, 0.6) is 5.75 Å². The first-order valence-corrected chi connectivity index (χ1v) is 10.8. The van der Waals surface area contributed by atoms with Crippen LogP contribution in [0, 0.1) is 0 Å². The van der Waals surface area contributed by atoms with Crippen LogP contribution in [0.2, 0.25) is 0 Å². The fourth-order valence-electron chi connectivity index (χ4n) is 2.73. The highest BCUT2D eigenvalue weighted by Crippen LogP contribution is 2.32. The summed E-state index contributed by atoms with van der Waals surface area (Å²) in [5.41, 5.74) is 3.90. The first-order valence-electron chi connectivity index (χ1n) is 8.58. The van der Waals surface area contributed by atoms with Gasteiger partial charge in [-0.15, -0.1) is 0 Å². The molecule has 28 heavy (non-hydrogen) atoms. The predicted molar refractivity (Wildman–Crippen MR) is 114 cm³/mol. The van der Waals surface area contributed by atoms with Crippen molar-refractivity contribution in [2.75, 3.05) is 10.1 Å². The van der Waals surface area contributed by atoms with Crippen molar-refractivity contribution in [3.8, 4) is 16.9 Å². The molecule has 0 aromatic heterocycles. The first kappa shape index (κ1) is 20.5. The van der Waals surface area contributed by atoms with Crippen molar-refractivity contribution in [3.63, 3.8) is 0 Å². The van der Waals surface area contributed by atoms with Gasteiger partial charge in [-0.25, -0.2) is 0 Å². The Labute approximate surface area is 174 Å². The second kappa shape index (κ2) is 9.84. The number of hydrogen-bond donors (Lipinski definition) is 2. The van der Waals surface area contributed by atoms with Crippen molar-refractivity contribution in [2.45, 2.75) is 12.7 Å². The van der Waals surface area contributed by atoms with Crippen molar-refractivity contribution in [3.05, 3.63) is 83.9 Å². The third-order valence-electron chi connectivity index (χ3n) is 4.18. The van der Waals surface area contributed by atoms with Crippen molar-refractivity contribution in [1.82, 2.24) is 0 Å². The summed E-state index contributed by atoms with van der Waals surface area (Å²) in [5.74, 6) is 0.447. The Morgan fingerprint density at radius 1 is 1.04 bits per heavy atom. The fraction of sp³-hybridized carbons (Fsp3) is 0.143. The quantitative estimate of drug-likeness (QED) is 0.381. The summed E-state index contributed by atoms with van der Waals surface area (Å²) in [6.07, 6.45) is -0.567. The maximum atomic E-state index is 11.2. The Morgan fingerprint density at radius 2 is 1.71 bits per heavy atom. The number of alkyl halides is 1. The molecule has 0 aliphatic carbocycles. The number of ether oxygens (including phenoxy) is 1. The molecule has 3 aromatic rings. The van der Waals surface area contributed by atoms with Crippen LogP contribution in [-0.4, -0.2) is 19.2 Å². The van der Waals surface area contributed by atoms with Crippen LogP contribution < -0.4 is 9.46 Å². The summed E-state index contributed by atoms with van der Waals surface area (Å²) in [6, 6.07) is 22.5. The van der Waals surface area contributed by atoms with Crippen molar-refractivity contribution in [1.29, 1.82) is 0 Å². The number of nitrogens with one attached hydrogen (secondary N) is 1. The predicted octanol–water partition coefficient (Wildman–Crippen LogP) is 4.57. The average Bonchev–Trinajstić information content (AvgIpc) is 2.72. The van der Waals surface area contributed by atoms with E-state index in [2.05, 4.69) is 20.7 Å². The molecule has 2 unspecified atom stereocenters. The summed E-state index contributed by atoms with van der Waals surface area (Å²) >= 11 is 0.787. The van der Waals surface area contributed by atoms with Gasteiger partial charge in [-0.3, -0.25) is 4.21 Å². The highest BCUT2D eigenvalue weighted by molar-refractivity contribution is 9.09. The summed E-state index contributed by atoms with van der Waals surface area (Å²) < 4.78 is 30.6. The van der Waals surface area contributed by atoms with Crippen LogP contribution in [0.15, 0.2) is 72.8 Å². The molecule has 5 nitrogen and oxygen atoms in total. The number of anilines is 1. The lowest BCUT2D eigenvalue weighted by Gasteiger charge is -2.16. The number of hydrogen-bond acceptors (Lipinski definition) is 4. The largest absolute Gasteiger partial charge is 0.755 e. The van der Waals surface area contributed by atoms with Gasteiger partial charge < -0.3 is 19.1 Å². The standard InChI is InChI=1S/C21H20BrNO4S/c22-13-20(24)17-8-6-16(7-9-17)18-10-11-21(19(12-18)23-28(25)26)27-14-15-4-2-1-3-5-15/h1-12,20,23-24H,13-14H2,(H,25,26)/p-1. The van der Waals surface area contributed by atoms with Gasteiger partial charge in [0.15, 0.2) is 0 Å². The van der Waals surface area contributed by atoms with Crippen LogP contribution in [0.4, 0.5) is 5.69 Å². The average molecular weight is 461 g/mol. The van der Waals surface area contributed by atoms with E-state index in [9.17, 15) is 13.9 Å². The molecule has 0 aliphatic heterocycles. The van der Waals surface area contributed by atoms with Gasteiger partial charge in [0.2, 0.25) is 0 Å². The molecule has 0 fully saturated rings.